The molecule has 146 valence electrons. The van der Waals surface area contributed by atoms with Crippen LogP contribution in [0.4, 0.5) is 0 Å². The van der Waals surface area contributed by atoms with Crippen LogP contribution in [0.5, 0.6) is 0 Å². The van der Waals surface area contributed by atoms with Crippen molar-refractivity contribution in [2.75, 3.05) is 0 Å². The second-order valence-corrected chi connectivity index (χ2v) is 3.15. The Kier molecular flexibility index (Phi) is 23.3. The molecule has 0 fully saturated rings. The Morgan fingerprint density at radius 3 is 0.923 bits per heavy atom. The van der Waals surface area contributed by atoms with Crippen LogP contribution in [0.1, 0.15) is 12.8 Å². The molecule has 0 aliphatic carbocycles. The van der Waals surface area contributed by atoms with Gasteiger partial charge in [0.25, 0.3) is 0 Å². The number of nitrogens with zero attached hydrogens (tertiary/aromatic N) is 3. The molecule has 0 unspecified atom stereocenters. The van der Waals surface area contributed by atoms with Gasteiger partial charge in [0.2, 0.25) is 0 Å². The summed E-state index contributed by atoms with van der Waals surface area (Å²) in [6, 6.07) is 0. The smallest absolute Gasteiger partial charge is 0.481 e. The fraction of sp³-hybridized carbons (Fsp3) is 0.500. The average Bonchev–Trinajstić information content (AvgIpc) is 2.22. The van der Waals surface area contributed by atoms with Crippen LogP contribution in [-0.4, -0.2) is 76.6 Å². The van der Waals surface area contributed by atoms with Crippen LogP contribution in [0.25, 0.3) is 0 Å². The topological polar surface area (TPSA) is 331 Å². The summed E-state index contributed by atoms with van der Waals surface area (Å²) in [6.45, 7) is 0. The normalized spacial score (nSPS) is 8.19. The van der Waals surface area contributed by atoms with Crippen LogP contribution >= 0.6 is 0 Å². The van der Waals surface area contributed by atoms with Gasteiger partial charge >= 0.3 is 35.3 Å². The zero-order chi connectivity index (χ0) is 21.4. The summed E-state index contributed by atoms with van der Waals surface area (Å²) in [5, 5.41) is 78.1. The largest absolute Gasteiger partial charge is 3.00 e. The van der Waals surface area contributed by atoms with Crippen molar-refractivity contribution in [2.24, 2.45) is 0 Å². The molecule has 0 amide bonds. The molecule has 0 aliphatic rings. The molecule has 0 saturated carbocycles. The van der Waals surface area contributed by atoms with Crippen LogP contribution in [0.2, 0.25) is 0 Å². The summed E-state index contributed by atoms with van der Waals surface area (Å²) < 4.78 is 0. The molecule has 0 rings (SSSR count). The van der Waals surface area contributed by atoms with Crippen LogP contribution in [0, 0.1) is 46.0 Å². The average molecular weight is 405 g/mol. The number of aliphatic carboxylic acids is 3. The van der Waals surface area contributed by atoms with E-state index >= 15 is 0 Å². The van der Waals surface area contributed by atoms with Gasteiger partial charge in [-0.2, -0.15) is 0 Å². The molecule has 0 radical (unpaired) electrons. The third kappa shape index (κ3) is 49.9. The van der Waals surface area contributed by atoms with Crippen molar-refractivity contribution in [1.82, 2.24) is 0 Å². The monoisotopic (exact) mass is 405 g/mol. The van der Waals surface area contributed by atoms with Crippen LogP contribution in [0.3, 0.4) is 0 Å². The van der Waals surface area contributed by atoms with E-state index in [9.17, 15) is 14.4 Å². The molecule has 19 nitrogen and oxygen atoms in total. The van der Waals surface area contributed by atoms with Gasteiger partial charge in [0, 0.05) is 0 Å². The molecule has 0 aromatic heterocycles. The predicted octanol–water partition coefficient (Wildman–Crippen LogP) is -2.35. The van der Waals surface area contributed by atoms with E-state index in [4.69, 9.17) is 66.4 Å². The number of aliphatic hydroxyl groups is 1. The fourth-order valence-corrected chi connectivity index (χ4v) is 0.714. The summed E-state index contributed by atoms with van der Waals surface area (Å²) in [4.78, 5) is 55.2. The first kappa shape index (κ1) is 34.0. The molecule has 0 saturated heterocycles. The molecule has 26 heavy (non-hydrogen) atoms. The van der Waals surface area contributed by atoms with Crippen molar-refractivity contribution in [1.29, 1.82) is 0 Å². The van der Waals surface area contributed by atoms with E-state index in [1.807, 2.05) is 0 Å². The number of carboxylic acid groups (broad SMARTS) is 3. The van der Waals surface area contributed by atoms with Gasteiger partial charge in [0.05, 0.1) is 28.1 Å². The number of carbonyl (C=O) groups is 3. The molecular weight excluding hydrogens is 397 g/mol. The Labute approximate surface area is 150 Å². The Bertz CT molecular complexity index is 436. The Morgan fingerprint density at radius 1 is 0.692 bits per heavy atom. The minimum Gasteiger partial charge on any atom is -0.481 e. The van der Waals surface area contributed by atoms with Gasteiger partial charge in [-0.1, -0.05) is 0 Å². The summed E-state index contributed by atoms with van der Waals surface area (Å²) in [5.74, 6) is -5.02. The Morgan fingerprint density at radius 2 is 0.846 bits per heavy atom. The molecule has 0 atom stereocenters. The van der Waals surface area contributed by atoms with E-state index in [2.05, 4.69) is 0 Å². The SMILES string of the molecule is O=C(O)CC(O)(CC(=O)O)C(=O)O.O=[N+]([O-])[O-].O=[N+]([O-])[O-].O=[N+]([O-])[O-].[Al+3]. The number of rotatable bonds is 5. The van der Waals surface area contributed by atoms with Gasteiger partial charge in [-0.3, -0.25) is 9.59 Å². The van der Waals surface area contributed by atoms with E-state index in [1.54, 1.807) is 0 Å². The number of hydrogen-bond donors (Lipinski definition) is 4. The van der Waals surface area contributed by atoms with Gasteiger partial charge in [0.1, 0.15) is 0 Å². The molecule has 0 aromatic carbocycles. The zero-order valence-corrected chi connectivity index (χ0v) is 13.2. The molecule has 20 heteroatoms. The second kappa shape index (κ2) is 17.9. The molecule has 4 N–H and O–H groups in total. The van der Waals surface area contributed by atoms with Crippen LogP contribution < -0.4 is 0 Å². The van der Waals surface area contributed by atoms with Crippen molar-refractivity contribution in [3.05, 3.63) is 46.0 Å². The van der Waals surface area contributed by atoms with Gasteiger partial charge in [0.15, 0.2) is 5.60 Å². The van der Waals surface area contributed by atoms with E-state index in [-0.39, 0.29) is 17.4 Å². The van der Waals surface area contributed by atoms with Crippen molar-refractivity contribution in [2.45, 2.75) is 18.4 Å². The van der Waals surface area contributed by atoms with Crippen molar-refractivity contribution in [3.8, 4) is 0 Å². The summed E-state index contributed by atoms with van der Waals surface area (Å²) in [5.41, 5.74) is -2.74. The quantitative estimate of drug-likeness (QED) is 0.211. The molecule has 0 aliphatic heterocycles. The number of carboxylic acids is 3. The third-order valence-electron chi connectivity index (χ3n) is 1.29. The fourth-order valence-electron chi connectivity index (χ4n) is 0.714. The Balaban J connectivity index is -0.0000000933. The summed E-state index contributed by atoms with van der Waals surface area (Å²) in [7, 11) is 0. The van der Waals surface area contributed by atoms with E-state index in [0.29, 0.717) is 0 Å². The third-order valence-corrected chi connectivity index (χ3v) is 1.29. The van der Waals surface area contributed by atoms with Crippen molar-refractivity contribution < 1.29 is 50.1 Å². The van der Waals surface area contributed by atoms with Gasteiger partial charge in [-0.15, -0.1) is 0 Å². The zero-order valence-electron chi connectivity index (χ0n) is 12.0. The van der Waals surface area contributed by atoms with E-state index < -0.39 is 51.6 Å². The summed E-state index contributed by atoms with van der Waals surface area (Å²) >= 11 is 0. The molecular formula is C6H8AlN3O16. The standard InChI is InChI=1S/C6H8O7.Al.3NO3/c7-3(8)1-6(13,5(11)12)2-4(9)10;;3*2-1(3)4/h13H,1-2H2,(H,7,8)(H,9,10)(H,11,12);;;;/q;+3;3*-1. The Hall–Kier alpha value is -3.50. The summed E-state index contributed by atoms with van der Waals surface area (Å²) in [6.07, 6.45) is -2.29. The van der Waals surface area contributed by atoms with Gasteiger partial charge in [-0.05, 0) is 0 Å². The maximum atomic E-state index is 10.3. The predicted molar refractivity (Wildman–Crippen MR) is 73.9 cm³/mol. The van der Waals surface area contributed by atoms with E-state index in [1.165, 1.54) is 0 Å². The number of hydrogen-bond acceptors (Lipinski definition) is 13. The van der Waals surface area contributed by atoms with E-state index in [0.717, 1.165) is 0 Å². The van der Waals surface area contributed by atoms with Crippen molar-refractivity contribution >= 4 is 35.3 Å². The molecule has 0 spiro atoms. The van der Waals surface area contributed by atoms with Gasteiger partial charge < -0.3 is 66.4 Å². The second-order valence-electron chi connectivity index (χ2n) is 3.15. The molecule has 0 heterocycles. The minimum absolute atomic E-state index is 0. The maximum Gasteiger partial charge on any atom is 3.00 e. The minimum atomic E-state index is -2.74. The van der Waals surface area contributed by atoms with Gasteiger partial charge in [-0.25, -0.2) is 4.79 Å². The maximum absolute atomic E-state index is 10.3. The first-order valence-electron chi connectivity index (χ1n) is 4.81. The van der Waals surface area contributed by atoms with Crippen LogP contribution in [0.15, 0.2) is 0 Å². The first-order valence-corrected chi connectivity index (χ1v) is 4.81. The van der Waals surface area contributed by atoms with Crippen molar-refractivity contribution in [3.63, 3.8) is 0 Å². The van der Waals surface area contributed by atoms with Crippen LogP contribution in [-0.2, 0) is 14.4 Å². The molecule has 0 aromatic rings. The molecule has 0 bridgehead atoms. The first-order chi connectivity index (χ1) is 11.0.